The Bertz CT molecular complexity index is 774. The van der Waals surface area contributed by atoms with Crippen LogP contribution in [0.15, 0.2) is 36.5 Å². The second-order valence-corrected chi connectivity index (χ2v) is 6.61. The second kappa shape index (κ2) is 6.16. The lowest BCUT2D eigenvalue weighted by atomic mass is 9.93. The molecule has 0 bridgehead atoms. The molecule has 1 aliphatic heterocycles. The van der Waals surface area contributed by atoms with Gasteiger partial charge in [-0.2, -0.15) is 5.10 Å². The van der Waals surface area contributed by atoms with E-state index in [1.165, 1.54) is 30.6 Å². The summed E-state index contributed by atoms with van der Waals surface area (Å²) in [6.07, 6.45) is 5.51. The number of H-pyrrole nitrogens is 1. The van der Waals surface area contributed by atoms with Gasteiger partial charge in [-0.15, -0.1) is 0 Å². The van der Waals surface area contributed by atoms with Gasteiger partial charge in [-0.25, -0.2) is 4.98 Å². The number of aromatic amines is 1. The Kier molecular flexibility index (Phi) is 3.87. The van der Waals surface area contributed by atoms with E-state index in [9.17, 15) is 0 Å². The minimum atomic E-state index is 0.707. The molecule has 1 atom stereocenters. The minimum Gasteiger partial charge on any atom is -0.330 e. The molecule has 1 fully saturated rings. The fraction of sp³-hybridized carbons (Fsp3) is 0.444. The Balaban J connectivity index is 1.46. The van der Waals surface area contributed by atoms with Crippen LogP contribution in [0.5, 0.6) is 0 Å². The molecule has 1 aromatic carbocycles. The van der Waals surface area contributed by atoms with Crippen LogP contribution in [0, 0.1) is 5.92 Å². The van der Waals surface area contributed by atoms with Gasteiger partial charge in [0.05, 0.1) is 17.6 Å². The molecule has 0 radical (unpaired) electrons. The molecule has 5 nitrogen and oxygen atoms in total. The number of hydrogen-bond donors (Lipinski definition) is 1. The van der Waals surface area contributed by atoms with E-state index in [0.717, 1.165) is 30.9 Å². The Hall–Kier alpha value is -2.14. The number of nitrogens with one attached hydrogen (secondary N) is 1. The number of aromatic nitrogens is 4. The zero-order valence-corrected chi connectivity index (χ0v) is 13.6. The summed E-state index contributed by atoms with van der Waals surface area (Å²) < 4.78 is 2.23. The van der Waals surface area contributed by atoms with Gasteiger partial charge < -0.3 is 4.57 Å². The zero-order chi connectivity index (χ0) is 15.6. The summed E-state index contributed by atoms with van der Waals surface area (Å²) in [5.74, 6) is 1.87. The molecule has 4 rings (SSSR count). The number of imidazole rings is 1. The SMILES string of the molecule is Cn1c(CN2CCC[C@@H](Cc3ccn[nH]3)C2)nc2ccccc21. The monoisotopic (exact) mass is 309 g/mol. The van der Waals surface area contributed by atoms with E-state index in [1.807, 2.05) is 6.20 Å². The molecule has 0 aliphatic carbocycles. The molecule has 1 N–H and O–H groups in total. The zero-order valence-electron chi connectivity index (χ0n) is 13.6. The molecule has 1 saturated heterocycles. The number of para-hydroxylation sites is 2. The van der Waals surface area contributed by atoms with Crippen molar-refractivity contribution in [3.8, 4) is 0 Å². The Labute approximate surface area is 136 Å². The number of aryl methyl sites for hydroxylation is 1. The molecule has 23 heavy (non-hydrogen) atoms. The van der Waals surface area contributed by atoms with Crippen LogP contribution in [0.1, 0.15) is 24.4 Å². The minimum absolute atomic E-state index is 0.707. The predicted octanol–water partition coefficient (Wildman–Crippen LogP) is 2.75. The topological polar surface area (TPSA) is 49.7 Å². The van der Waals surface area contributed by atoms with Crippen molar-refractivity contribution in [3.63, 3.8) is 0 Å². The standard InChI is InChI=1S/C18H23N5/c1-22-17-7-3-2-6-16(17)20-18(22)13-23-10-4-5-14(12-23)11-15-8-9-19-21-15/h2-3,6-9,14H,4-5,10-13H2,1H3,(H,19,21)/t14-/m0/s1. The Morgan fingerprint density at radius 2 is 2.17 bits per heavy atom. The molecule has 0 saturated carbocycles. The third kappa shape index (κ3) is 3.01. The van der Waals surface area contributed by atoms with Gasteiger partial charge in [-0.1, -0.05) is 12.1 Å². The first-order valence-corrected chi connectivity index (χ1v) is 8.40. The maximum Gasteiger partial charge on any atom is 0.123 e. The molecule has 2 aromatic heterocycles. The number of piperidine rings is 1. The number of fused-ring (bicyclic) bond motifs is 1. The first-order chi connectivity index (χ1) is 11.3. The normalized spacial score (nSPS) is 19.4. The summed E-state index contributed by atoms with van der Waals surface area (Å²) in [7, 11) is 2.12. The van der Waals surface area contributed by atoms with E-state index in [4.69, 9.17) is 4.98 Å². The van der Waals surface area contributed by atoms with Gasteiger partial charge >= 0.3 is 0 Å². The van der Waals surface area contributed by atoms with Crippen LogP contribution in [-0.4, -0.2) is 37.7 Å². The van der Waals surface area contributed by atoms with Crippen molar-refractivity contribution >= 4 is 11.0 Å². The fourth-order valence-electron chi connectivity index (χ4n) is 3.71. The molecule has 1 aliphatic rings. The molecule has 3 aromatic rings. The van der Waals surface area contributed by atoms with Crippen LogP contribution >= 0.6 is 0 Å². The van der Waals surface area contributed by atoms with Crippen molar-refractivity contribution in [1.29, 1.82) is 0 Å². The van der Waals surface area contributed by atoms with Crippen molar-refractivity contribution in [2.75, 3.05) is 13.1 Å². The van der Waals surface area contributed by atoms with E-state index in [-0.39, 0.29) is 0 Å². The number of benzene rings is 1. The summed E-state index contributed by atoms with van der Waals surface area (Å²) >= 11 is 0. The van der Waals surface area contributed by atoms with Crippen molar-refractivity contribution in [3.05, 3.63) is 48.0 Å². The van der Waals surface area contributed by atoms with Crippen LogP contribution in [0.3, 0.4) is 0 Å². The lowest BCUT2D eigenvalue weighted by Crippen LogP contribution is -2.36. The van der Waals surface area contributed by atoms with Crippen LogP contribution in [0.25, 0.3) is 11.0 Å². The smallest absolute Gasteiger partial charge is 0.123 e. The lowest BCUT2D eigenvalue weighted by Gasteiger charge is -2.32. The molecule has 0 spiro atoms. The van der Waals surface area contributed by atoms with Crippen LogP contribution in [0.2, 0.25) is 0 Å². The Morgan fingerprint density at radius 3 is 3.00 bits per heavy atom. The highest BCUT2D eigenvalue weighted by molar-refractivity contribution is 5.75. The average Bonchev–Trinajstić information content (AvgIpc) is 3.17. The van der Waals surface area contributed by atoms with Gasteiger partial charge in [0, 0.05) is 25.5 Å². The van der Waals surface area contributed by atoms with Gasteiger partial charge in [0.25, 0.3) is 0 Å². The number of likely N-dealkylation sites (tertiary alicyclic amines) is 1. The first kappa shape index (κ1) is 14.5. The summed E-state index contributed by atoms with van der Waals surface area (Å²) in [6.45, 7) is 3.25. The highest BCUT2D eigenvalue weighted by Crippen LogP contribution is 2.22. The van der Waals surface area contributed by atoms with Crippen molar-refractivity contribution in [2.45, 2.75) is 25.8 Å². The molecule has 0 amide bonds. The molecule has 3 heterocycles. The number of nitrogens with zero attached hydrogens (tertiary/aromatic N) is 4. The highest BCUT2D eigenvalue weighted by Gasteiger charge is 2.22. The van der Waals surface area contributed by atoms with Crippen LogP contribution in [-0.2, 0) is 20.0 Å². The van der Waals surface area contributed by atoms with E-state index in [2.05, 4.69) is 57.0 Å². The van der Waals surface area contributed by atoms with Crippen molar-refractivity contribution < 1.29 is 0 Å². The van der Waals surface area contributed by atoms with E-state index >= 15 is 0 Å². The van der Waals surface area contributed by atoms with Crippen molar-refractivity contribution in [2.24, 2.45) is 13.0 Å². The lowest BCUT2D eigenvalue weighted by molar-refractivity contribution is 0.162. The first-order valence-electron chi connectivity index (χ1n) is 8.40. The maximum absolute atomic E-state index is 4.81. The second-order valence-electron chi connectivity index (χ2n) is 6.61. The fourth-order valence-corrected chi connectivity index (χ4v) is 3.71. The molecular weight excluding hydrogens is 286 g/mol. The molecule has 0 unspecified atom stereocenters. The van der Waals surface area contributed by atoms with E-state index < -0.39 is 0 Å². The number of hydrogen-bond acceptors (Lipinski definition) is 3. The van der Waals surface area contributed by atoms with Gasteiger partial charge in [0.15, 0.2) is 0 Å². The Morgan fingerprint density at radius 1 is 1.26 bits per heavy atom. The molecule has 120 valence electrons. The third-order valence-electron chi connectivity index (χ3n) is 4.91. The average molecular weight is 309 g/mol. The summed E-state index contributed by atoms with van der Waals surface area (Å²) in [5.41, 5.74) is 3.56. The van der Waals surface area contributed by atoms with Gasteiger partial charge in [-0.3, -0.25) is 10.00 Å². The predicted molar refractivity (Wildman–Crippen MR) is 91.0 cm³/mol. The van der Waals surface area contributed by atoms with Crippen LogP contribution < -0.4 is 0 Å². The van der Waals surface area contributed by atoms with Gasteiger partial charge in [0.2, 0.25) is 0 Å². The molecular formula is C18H23N5. The number of rotatable bonds is 4. The highest BCUT2D eigenvalue weighted by atomic mass is 15.2. The van der Waals surface area contributed by atoms with E-state index in [1.54, 1.807) is 0 Å². The van der Waals surface area contributed by atoms with Gasteiger partial charge in [0.1, 0.15) is 5.82 Å². The van der Waals surface area contributed by atoms with E-state index in [0.29, 0.717) is 5.92 Å². The summed E-state index contributed by atoms with van der Waals surface area (Å²) in [5, 5.41) is 7.15. The summed E-state index contributed by atoms with van der Waals surface area (Å²) in [4.78, 5) is 7.36. The molecule has 5 heteroatoms. The van der Waals surface area contributed by atoms with Gasteiger partial charge in [-0.05, 0) is 49.9 Å². The van der Waals surface area contributed by atoms with Crippen LogP contribution in [0.4, 0.5) is 0 Å². The summed E-state index contributed by atoms with van der Waals surface area (Å²) in [6, 6.07) is 10.5. The maximum atomic E-state index is 4.81. The largest absolute Gasteiger partial charge is 0.330 e. The third-order valence-corrected chi connectivity index (χ3v) is 4.91. The quantitative estimate of drug-likeness (QED) is 0.806. The van der Waals surface area contributed by atoms with Crippen molar-refractivity contribution in [1.82, 2.24) is 24.6 Å².